The molecule has 1 aliphatic heterocycles. The summed E-state index contributed by atoms with van der Waals surface area (Å²) in [5.41, 5.74) is 8.20. The molecule has 0 radical (unpaired) electrons. The smallest absolute Gasteiger partial charge is 0.225 e. The Morgan fingerprint density at radius 3 is 2.50 bits per heavy atom. The summed E-state index contributed by atoms with van der Waals surface area (Å²) in [6, 6.07) is 11.8. The van der Waals surface area contributed by atoms with E-state index in [1.807, 2.05) is 12.1 Å². The van der Waals surface area contributed by atoms with Crippen LogP contribution in [0, 0.1) is 5.82 Å². The van der Waals surface area contributed by atoms with Crippen molar-refractivity contribution in [3.8, 4) is 16.9 Å². The van der Waals surface area contributed by atoms with Crippen LogP contribution in [-0.2, 0) is 25.8 Å². The summed E-state index contributed by atoms with van der Waals surface area (Å²) in [6.07, 6.45) is 7.57. The van der Waals surface area contributed by atoms with Gasteiger partial charge in [-0.2, -0.15) is 5.10 Å². The average molecular weight is 501 g/mol. The molecular formula is C28H26ClFN6. The van der Waals surface area contributed by atoms with Crippen LogP contribution in [-0.4, -0.2) is 31.3 Å². The Morgan fingerprint density at radius 2 is 1.78 bits per heavy atom. The van der Waals surface area contributed by atoms with Gasteiger partial charge in [0.2, 0.25) is 5.95 Å². The van der Waals surface area contributed by atoms with Gasteiger partial charge in [0.05, 0.1) is 40.0 Å². The Balaban J connectivity index is 1.61. The van der Waals surface area contributed by atoms with E-state index in [9.17, 15) is 4.39 Å². The lowest BCUT2D eigenvalue weighted by molar-refractivity contribution is 0.637. The molecule has 1 N–H and O–H groups in total. The molecule has 0 unspecified atom stereocenters. The predicted octanol–water partition coefficient (Wildman–Crippen LogP) is 6.29. The number of para-hydroxylation sites is 1. The molecule has 0 saturated heterocycles. The van der Waals surface area contributed by atoms with Gasteiger partial charge in [-0.1, -0.05) is 43.6 Å². The Hall–Kier alpha value is -3.71. The van der Waals surface area contributed by atoms with Gasteiger partial charge < -0.3 is 9.88 Å². The Labute approximate surface area is 213 Å². The van der Waals surface area contributed by atoms with Crippen LogP contribution in [0.2, 0.25) is 5.02 Å². The number of hydrogen-bond donors (Lipinski definition) is 1. The minimum atomic E-state index is -0.266. The van der Waals surface area contributed by atoms with E-state index in [0.29, 0.717) is 23.0 Å². The molecule has 6 nitrogen and oxygen atoms in total. The van der Waals surface area contributed by atoms with E-state index in [1.54, 1.807) is 18.6 Å². The summed E-state index contributed by atoms with van der Waals surface area (Å²) in [7, 11) is 0. The van der Waals surface area contributed by atoms with E-state index in [0.717, 1.165) is 59.4 Å². The first-order valence-electron chi connectivity index (χ1n) is 12.3. The van der Waals surface area contributed by atoms with Crippen LogP contribution in [0.4, 0.5) is 10.3 Å². The van der Waals surface area contributed by atoms with Gasteiger partial charge in [-0.15, -0.1) is 0 Å². The highest BCUT2D eigenvalue weighted by Crippen LogP contribution is 2.39. The first-order chi connectivity index (χ1) is 17.6. The molecule has 0 amide bonds. The first kappa shape index (κ1) is 22.7. The molecule has 5 aromatic rings. The van der Waals surface area contributed by atoms with Gasteiger partial charge in [-0.3, -0.25) is 0 Å². The third-order valence-corrected chi connectivity index (χ3v) is 7.22. The number of anilines is 1. The zero-order valence-electron chi connectivity index (χ0n) is 20.2. The van der Waals surface area contributed by atoms with E-state index in [1.165, 1.54) is 17.2 Å². The van der Waals surface area contributed by atoms with Crippen LogP contribution >= 0.6 is 11.6 Å². The largest absolute Gasteiger partial charge is 0.359 e. The highest BCUT2D eigenvalue weighted by atomic mass is 35.5. The minimum absolute atomic E-state index is 0.266. The number of benzene rings is 2. The van der Waals surface area contributed by atoms with Crippen molar-refractivity contribution in [1.29, 1.82) is 0 Å². The van der Waals surface area contributed by atoms with Crippen LogP contribution in [0.25, 0.3) is 27.8 Å². The standard InChI is InChI=1S/C28H26ClFN6/c1-3-17-6-5-7-18(4-2)26(17)36-27(21-8-9-23(30)25-20(21)10-12-31-25)22-16-35(13-11-24(22)34-36)28-32-14-19(29)15-33-28/h5-10,12,14-15,31H,3-4,11,13,16H2,1-2H3. The summed E-state index contributed by atoms with van der Waals surface area (Å²) >= 11 is 6.03. The molecule has 0 atom stereocenters. The van der Waals surface area contributed by atoms with E-state index >= 15 is 0 Å². The molecule has 36 heavy (non-hydrogen) atoms. The number of H-pyrrole nitrogens is 1. The average Bonchev–Trinajstić information content (AvgIpc) is 3.54. The van der Waals surface area contributed by atoms with Crippen molar-refractivity contribution in [2.24, 2.45) is 0 Å². The fraction of sp³-hybridized carbons (Fsp3) is 0.250. The highest BCUT2D eigenvalue weighted by molar-refractivity contribution is 6.30. The van der Waals surface area contributed by atoms with E-state index in [-0.39, 0.29) is 5.82 Å². The lowest BCUT2D eigenvalue weighted by atomic mass is 9.97. The number of aromatic amines is 1. The van der Waals surface area contributed by atoms with Crippen LogP contribution < -0.4 is 4.90 Å². The van der Waals surface area contributed by atoms with Gasteiger partial charge in [-0.25, -0.2) is 19.0 Å². The number of aromatic nitrogens is 5. The molecule has 1 aliphatic rings. The molecule has 182 valence electrons. The molecule has 0 bridgehead atoms. The molecule has 3 aromatic heterocycles. The quantitative estimate of drug-likeness (QED) is 0.308. The number of rotatable bonds is 5. The lowest BCUT2D eigenvalue weighted by Crippen LogP contribution is -2.31. The van der Waals surface area contributed by atoms with Crippen LogP contribution in [0.3, 0.4) is 0 Å². The van der Waals surface area contributed by atoms with Crippen molar-refractivity contribution in [1.82, 2.24) is 24.7 Å². The van der Waals surface area contributed by atoms with Crippen molar-refractivity contribution in [2.45, 2.75) is 39.7 Å². The van der Waals surface area contributed by atoms with Crippen molar-refractivity contribution in [3.63, 3.8) is 0 Å². The number of halogens is 2. The molecule has 0 saturated carbocycles. The predicted molar refractivity (Wildman–Crippen MR) is 141 cm³/mol. The third-order valence-electron chi connectivity index (χ3n) is 7.03. The molecule has 2 aromatic carbocycles. The van der Waals surface area contributed by atoms with Crippen LogP contribution in [0.5, 0.6) is 0 Å². The topological polar surface area (TPSA) is 62.6 Å². The van der Waals surface area contributed by atoms with E-state index < -0.39 is 0 Å². The van der Waals surface area contributed by atoms with E-state index in [2.05, 4.69) is 56.6 Å². The second-order valence-electron chi connectivity index (χ2n) is 9.05. The van der Waals surface area contributed by atoms with Gasteiger partial charge in [0, 0.05) is 42.2 Å². The highest BCUT2D eigenvalue weighted by Gasteiger charge is 2.29. The number of nitrogens with zero attached hydrogens (tertiary/aromatic N) is 5. The lowest BCUT2D eigenvalue weighted by Gasteiger charge is -2.27. The minimum Gasteiger partial charge on any atom is -0.359 e. The van der Waals surface area contributed by atoms with Gasteiger partial charge in [0.15, 0.2) is 0 Å². The zero-order chi connectivity index (χ0) is 24.8. The maximum atomic E-state index is 14.7. The van der Waals surface area contributed by atoms with Crippen LogP contribution in [0.15, 0.2) is 55.0 Å². The maximum Gasteiger partial charge on any atom is 0.225 e. The fourth-order valence-corrected chi connectivity index (χ4v) is 5.36. The zero-order valence-corrected chi connectivity index (χ0v) is 21.0. The summed E-state index contributed by atoms with van der Waals surface area (Å²) in [5, 5.41) is 6.54. The molecule has 8 heteroatoms. The van der Waals surface area contributed by atoms with Crippen molar-refractivity contribution < 1.29 is 4.39 Å². The summed E-state index contributed by atoms with van der Waals surface area (Å²) in [4.78, 5) is 14.1. The number of hydrogen-bond acceptors (Lipinski definition) is 4. The normalized spacial score (nSPS) is 13.4. The monoisotopic (exact) mass is 500 g/mol. The van der Waals surface area contributed by atoms with Crippen LogP contribution in [0.1, 0.15) is 36.2 Å². The summed E-state index contributed by atoms with van der Waals surface area (Å²) in [5.74, 6) is 0.371. The van der Waals surface area contributed by atoms with Gasteiger partial charge in [0.25, 0.3) is 0 Å². The molecule has 0 aliphatic carbocycles. The Bertz CT molecular complexity index is 1550. The molecule has 6 rings (SSSR count). The van der Waals surface area contributed by atoms with Crippen molar-refractivity contribution in [3.05, 3.63) is 88.2 Å². The molecular weight excluding hydrogens is 475 g/mol. The Kier molecular flexibility index (Phi) is 5.72. The Morgan fingerprint density at radius 1 is 1.03 bits per heavy atom. The number of fused-ring (bicyclic) bond motifs is 2. The van der Waals surface area contributed by atoms with Gasteiger partial charge >= 0.3 is 0 Å². The first-order valence-corrected chi connectivity index (χ1v) is 12.7. The molecule has 0 fully saturated rings. The fourth-order valence-electron chi connectivity index (χ4n) is 5.27. The third kappa shape index (κ3) is 3.66. The molecule has 4 heterocycles. The second-order valence-corrected chi connectivity index (χ2v) is 9.49. The van der Waals surface area contributed by atoms with Crippen molar-refractivity contribution in [2.75, 3.05) is 11.4 Å². The van der Waals surface area contributed by atoms with Crippen molar-refractivity contribution >= 4 is 28.5 Å². The maximum absolute atomic E-state index is 14.7. The van der Waals surface area contributed by atoms with Gasteiger partial charge in [-0.05, 0) is 42.2 Å². The summed E-state index contributed by atoms with van der Waals surface area (Å²) in [6.45, 7) is 5.70. The SMILES string of the molecule is CCc1cccc(CC)c1-n1nc2c(c1-c1ccc(F)c3[nH]ccc13)CN(c1ncc(Cl)cn1)CC2. The summed E-state index contributed by atoms with van der Waals surface area (Å²) < 4.78 is 16.8. The van der Waals surface area contributed by atoms with Gasteiger partial charge in [0.1, 0.15) is 5.82 Å². The second kappa shape index (κ2) is 9.06. The van der Waals surface area contributed by atoms with E-state index in [4.69, 9.17) is 16.7 Å². The number of aryl methyl sites for hydroxylation is 2. The number of nitrogens with one attached hydrogen (secondary N) is 1. The molecule has 0 spiro atoms.